The molecule has 1 aromatic rings. The van der Waals surface area contributed by atoms with E-state index in [9.17, 15) is 19.5 Å². The Balaban J connectivity index is 1.60. The SMILES string of the molecule is CC1CC(C(=O)O)CN(C(=O)NC(C)c2ccc(N3CCCNC3=O)cc2)C1. The number of nitrogens with zero attached hydrogens (tertiary/aromatic N) is 2. The van der Waals surface area contributed by atoms with Crippen molar-refractivity contribution in [1.82, 2.24) is 15.5 Å². The molecule has 28 heavy (non-hydrogen) atoms. The Morgan fingerprint density at radius 2 is 1.96 bits per heavy atom. The summed E-state index contributed by atoms with van der Waals surface area (Å²) in [4.78, 5) is 39.2. The van der Waals surface area contributed by atoms with E-state index < -0.39 is 11.9 Å². The molecule has 0 saturated carbocycles. The van der Waals surface area contributed by atoms with Crippen molar-refractivity contribution in [2.24, 2.45) is 11.8 Å². The molecule has 3 atom stereocenters. The molecular weight excluding hydrogens is 360 g/mol. The van der Waals surface area contributed by atoms with E-state index in [1.54, 1.807) is 9.80 Å². The zero-order chi connectivity index (χ0) is 20.3. The fourth-order valence-electron chi connectivity index (χ4n) is 3.87. The number of nitrogens with one attached hydrogen (secondary N) is 2. The largest absolute Gasteiger partial charge is 0.481 e. The van der Waals surface area contributed by atoms with E-state index in [1.807, 2.05) is 38.1 Å². The van der Waals surface area contributed by atoms with Crippen LogP contribution in [0.25, 0.3) is 0 Å². The van der Waals surface area contributed by atoms with E-state index in [4.69, 9.17) is 0 Å². The van der Waals surface area contributed by atoms with Crippen molar-refractivity contribution in [3.63, 3.8) is 0 Å². The first-order chi connectivity index (χ1) is 13.3. The molecule has 2 heterocycles. The van der Waals surface area contributed by atoms with Crippen molar-refractivity contribution in [1.29, 1.82) is 0 Å². The van der Waals surface area contributed by atoms with Gasteiger partial charge in [0.25, 0.3) is 0 Å². The number of piperidine rings is 1. The molecule has 152 valence electrons. The number of urea groups is 2. The number of rotatable bonds is 4. The van der Waals surface area contributed by atoms with Crippen LogP contribution in [-0.2, 0) is 4.79 Å². The number of hydrogen-bond acceptors (Lipinski definition) is 3. The van der Waals surface area contributed by atoms with E-state index in [1.165, 1.54) is 0 Å². The van der Waals surface area contributed by atoms with Crippen LogP contribution in [0.2, 0.25) is 0 Å². The number of likely N-dealkylation sites (tertiary alicyclic amines) is 1. The normalized spacial score (nSPS) is 23.7. The number of hydrogen-bond donors (Lipinski definition) is 3. The third kappa shape index (κ3) is 4.55. The summed E-state index contributed by atoms with van der Waals surface area (Å²) < 4.78 is 0. The Kier molecular flexibility index (Phi) is 6.06. The van der Waals surface area contributed by atoms with E-state index in [0.717, 1.165) is 17.7 Å². The molecule has 8 nitrogen and oxygen atoms in total. The minimum Gasteiger partial charge on any atom is -0.481 e. The molecule has 3 N–H and O–H groups in total. The van der Waals surface area contributed by atoms with Gasteiger partial charge in [0.05, 0.1) is 12.0 Å². The maximum absolute atomic E-state index is 12.6. The van der Waals surface area contributed by atoms with Crippen LogP contribution in [0.15, 0.2) is 24.3 Å². The van der Waals surface area contributed by atoms with Gasteiger partial charge in [0, 0.05) is 31.9 Å². The Morgan fingerprint density at radius 3 is 2.61 bits per heavy atom. The molecule has 2 fully saturated rings. The average Bonchev–Trinajstić information content (AvgIpc) is 2.68. The van der Waals surface area contributed by atoms with Gasteiger partial charge in [0.15, 0.2) is 0 Å². The van der Waals surface area contributed by atoms with E-state index >= 15 is 0 Å². The molecule has 3 rings (SSSR count). The zero-order valence-electron chi connectivity index (χ0n) is 16.4. The fraction of sp³-hybridized carbons (Fsp3) is 0.550. The van der Waals surface area contributed by atoms with Crippen LogP contribution in [0.5, 0.6) is 0 Å². The van der Waals surface area contributed by atoms with Gasteiger partial charge in [0.1, 0.15) is 0 Å². The third-order valence-corrected chi connectivity index (χ3v) is 5.42. The van der Waals surface area contributed by atoms with Gasteiger partial charge in [-0.15, -0.1) is 0 Å². The topological polar surface area (TPSA) is 102 Å². The Morgan fingerprint density at radius 1 is 1.25 bits per heavy atom. The lowest BCUT2D eigenvalue weighted by molar-refractivity contribution is -0.143. The molecule has 2 saturated heterocycles. The predicted octanol–water partition coefficient (Wildman–Crippen LogP) is 2.42. The van der Waals surface area contributed by atoms with Crippen LogP contribution >= 0.6 is 0 Å². The summed E-state index contributed by atoms with van der Waals surface area (Å²) in [5.41, 5.74) is 1.75. The lowest BCUT2D eigenvalue weighted by atomic mass is 9.91. The lowest BCUT2D eigenvalue weighted by Gasteiger charge is -2.35. The maximum atomic E-state index is 12.6. The molecule has 4 amide bonds. The number of amides is 4. The van der Waals surface area contributed by atoms with Gasteiger partial charge in [-0.1, -0.05) is 19.1 Å². The molecule has 0 radical (unpaired) electrons. The van der Waals surface area contributed by atoms with Crippen molar-refractivity contribution in [2.45, 2.75) is 32.7 Å². The van der Waals surface area contributed by atoms with Crippen LogP contribution in [0.3, 0.4) is 0 Å². The van der Waals surface area contributed by atoms with Crippen LogP contribution in [-0.4, -0.2) is 54.2 Å². The first kappa shape index (κ1) is 20.0. The summed E-state index contributed by atoms with van der Waals surface area (Å²) in [5.74, 6) is -1.21. The van der Waals surface area contributed by atoms with Crippen LogP contribution in [0.4, 0.5) is 15.3 Å². The van der Waals surface area contributed by atoms with Gasteiger partial charge < -0.3 is 20.6 Å². The minimum atomic E-state index is -0.852. The van der Waals surface area contributed by atoms with Crippen LogP contribution in [0.1, 0.15) is 38.3 Å². The summed E-state index contributed by atoms with van der Waals surface area (Å²) in [6, 6.07) is 7.01. The van der Waals surface area contributed by atoms with E-state index in [2.05, 4.69) is 10.6 Å². The zero-order valence-corrected chi connectivity index (χ0v) is 16.4. The Labute approximate surface area is 164 Å². The molecule has 8 heteroatoms. The number of carbonyl (C=O) groups excluding carboxylic acids is 2. The highest BCUT2D eigenvalue weighted by atomic mass is 16.4. The maximum Gasteiger partial charge on any atom is 0.321 e. The summed E-state index contributed by atoms with van der Waals surface area (Å²) in [7, 11) is 0. The quantitative estimate of drug-likeness (QED) is 0.737. The molecule has 0 bridgehead atoms. The molecule has 2 aliphatic rings. The van der Waals surface area contributed by atoms with Gasteiger partial charge in [-0.25, -0.2) is 9.59 Å². The first-order valence-corrected chi connectivity index (χ1v) is 9.78. The molecule has 3 unspecified atom stereocenters. The summed E-state index contributed by atoms with van der Waals surface area (Å²) >= 11 is 0. The number of carbonyl (C=O) groups is 3. The second-order valence-corrected chi connectivity index (χ2v) is 7.78. The van der Waals surface area contributed by atoms with Gasteiger partial charge in [-0.05, 0) is 43.4 Å². The van der Waals surface area contributed by atoms with Crippen molar-refractivity contribution < 1.29 is 19.5 Å². The molecule has 1 aromatic carbocycles. The van der Waals surface area contributed by atoms with E-state index in [0.29, 0.717) is 26.1 Å². The molecule has 2 aliphatic heterocycles. The molecule has 0 spiro atoms. The smallest absolute Gasteiger partial charge is 0.321 e. The van der Waals surface area contributed by atoms with Crippen molar-refractivity contribution >= 4 is 23.7 Å². The molecular formula is C20H28N4O4. The number of benzene rings is 1. The minimum absolute atomic E-state index is 0.0902. The van der Waals surface area contributed by atoms with Crippen molar-refractivity contribution in [3.8, 4) is 0 Å². The van der Waals surface area contributed by atoms with Crippen molar-refractivity contribution in [2.75, 3.05) is 31.1 Å². The second-order valence-electron chi connectivity index (χ2n) is 7.78. The van der Waals surface area contributed by atoms with Gasteiger partial charge in [-0.3, -0.25) is 9.69 Å². The predicted molar refractivity (Wildman–Crippen MR) is 105 cm³/mol. The number of aliphatic carboxylic acids is 1. The highest BCUT2D eigenvalue weighted by molar-refractivity contribution is 5.92. The Hall–Kier alpha value is -2.77. The van der Waals surface area contributed by atoms with Gasteiger partial charge in [0.2, 0.25) is 0 Å². The number of carboxylic acid groups (broad SMARTS) is 1. The number of anilines is 1. The summed E-state index contributed by atoms with van der Waals surface area (Å²) in [5, 5.41) is 15.1. The molecule has 0 aliphatic carbocycles. The summed E-state index contributed by atoms with van der Waals surface area (Å²) in [6.07, 6.45) is 1.51. The first-order valence-electron chi connectivity index (χ1n) is 9.78. The van der Waals surface area contributed by atoms with Gasteiger partial charge in [-0.2, -0.15) is 0 Å². The second kappa shape index (κ2) is 8.50. The number of carboxylic acids is 1. The highest BCUT2D eigenvalue weighted by Crippen LogP contribution is 2.24. The van der Waals surface area contributed by atoms with Crippen LogP contribution < -0.4 is 15.5 Å². The van der Waals surface area contributed by atoms with E-state index in [-0.39, 0.29) is 30.6 Å². The standard InChI is InChI=1S/C20H28N4O4/c1-13-10-16(18(25)26)12-23(11-13)20(28)22-14(2)15-4-6-17(7-5-15)24-9-3-8-21-19(24)27/h4-7,13-14,16H,3,8-12H2,1-2H3,(H,21,27)(H,22,28)(H,25,26). The fourth-order valence-corrected chi connectivity index (χ4v) is 3.87. The Bertz CT molecular complexity index is 736. The summed E-state index contributed by atoms with van der Waals surface area (Å²) in [6.45, 7) is 6.05. The average molecular weight is 388 g/mol. The van der Waals surface area contributed by atoms with Crippen molar-refractivity contribution in [3.05, 3.63) is 29.8 Å². The molecule has 0 aromatic heterocycles. The van der Waals surface area contributed by atoms with Crippen LogP contribution in [0, 0.1) is 11.8 Å². The third-order valence-electron chi connectivity index (χ3n) is 5.42. The van der Waals surface area contributed by atoms with Gasteiger partial charge >= 0.3 is 18.0 Å². The highest BCUT2D eigenvalue weighted by Gasteiger charge is 2.32. The lowest BCUT2D eigenvalue weighted by Crippen LogP contribution is -2.49. The monoisotopic (exact) mass is 388 g/mol.